The van der Waals surface area contributed by atoms with E-state index in [2.05, 4.69) is 168 Å². The first-order valence-corrected chi connectivity index (χ1v) is 20.5. The summed E-state index contributed by atoms with van der Waals surface area (Å²) < 4.78 is 7.27. The molecule has 4 nitrogen and oxygen atoms in total. The molecule has 0 fully saturated rings. The first-order valence-electron chi connectivity index (χ1n) is 20.5. The fourth-order valence-corrected chi connectivity index (χ4v) is 11.6. The van der Waals surface area contributed by atoms with Gasteiger partial charge in [0.1, 0.15) is 11.2 Å². The summed E-state index contributed by atoms with van der Waals surface area (Å²) in [7, 11) is 0. The smallest absolute Gasteiger partial charge is 0.145 e. The molecule has 8 aromatic carbocycles. The minimum absolute atomic E-state index is 0.625. The summed E-state index contributed by atoms with van der Waals surface area (Å²) >= 11 is 0. The lowest BCUT2D eigenvalue weighted by Crippen LogP contribution is -2.27. The predicted molar refractivity (Wildman–Crippen MR) is 237 cm³/mol. The third kappa shape index (κ3) is 3.70. The van der Waals surface area contributed by atoms with Crippen molar-refractivity contribution < 1.29 is 4.42 Å². The number of rotatable bonds is 2. The number of hydrogen-bond acceptors (Lipinski definition) is 4. The highest BCUT2D eigenvalue weighted by Gasteiger charge is 2.54. The number of furan rings is 1. The maximum Gasteiger partial charge on any atom is 0.145 e. The quantitative estimate of drug-likeness (QED) is 0.177. The van der Waals surface area contributed by atoms with E-state index < -0.39 is 5.41 Å². The molecule has 0 saturated carbocycles. The second-order valence-electron chi connectivity index (χ2n) is 16.4. The molecule has 1 spiro atoms. The van der Waals surface area contributed by atoms with E-state index in [-0.39, 0.29) is 0 Å². The number of nitrogens with zero attached hydrogens (tertiary/aromatic N) is 3. The van der Waals surface area contributed by atoms with Gasteiger partial charge in [0.2, 0.25) is 0 Å². The summed E-state index contributed by atoms with van der Waals surface area (Å²) in [5.74, 6) is 0. The van der Waals surface area contributed by atoms with Gasteiger partial charge >= 0.3 is 0 Å². The van der Waals surface area contributed by atoms with Crippen molar-refractivity contribution in [3.8, 4) is 22.3 Å². The molecule has 0 bridgehead atoms. The number of benzene rings is 8. The highest BCUT2D eigenvalue weighted by atomic mass is 16.3. The molecule has 0 amide bonds. The fourth-order valence-electron chi connectivity index (χ4n) is 11.6. The monoisotopic (exact) mass is 741 g/mol. The summed E-state index contributed by atoms with van der Waals surface area (Å²) in [5, 5.41) is 6.04. The van der Waals surface area contributed by atoms with Crippen molar-refractivity contribution in [2.45, 2.75) is 18.3 Å². The zero-order valence-corrected chi connectivity index (χ0v) is 31.7. The van der Waals surface area contributed by atoms with Crippen LogP contribution in [0, 0.1) is 0 Å². The lowest BCUT2D eigenvalue weighted by Gasteiger charge is -2.33. The Balaban J connectivity index is 1.21. The van der Waals surface area contributed by atoms with Crippen LogP contribution in [0.25, 0.3) is 65.9 Å². The van der Waals surface area contributed by atoms with Crippen molar-refractivity contribution >= 4 is 66.4 Å². The SMILES string of the molecule is c1ccc2c(c1)CCN2c1cc2c(c3ccccc13)-c1c(cc(N3CCc4ccccc43)c3c1oc1ccccc13)C21c2ccccc2-c2c1ccc1ncccc21. The van der Waals surface area contributed by atoms with E-state index in [1.807, 2.05) is 6.20 Å². The molecular weight excluding hydrogens is 707 g/mol. The molecule has 2 aromatic heterocycles. The van der Waals surface area contributed by atoms with E-state index >= 15 is 0 Å². The highest BCUT2D eigenvalue weighted by Crippen LogP contribution is 2.68. The standard InChI is InChI=1S/C54H35N3O/c1-8-20-44-32(12-1)25-28-56(44)46-30-41-50(35-15-4-3-14-34(35)46)52-42(54(41)39-19-7-5-16-36(39)49-37-18-11-27-55-43(37)24-23-40(49)54)31-47(57-29-26-33-13-2-9-21-45(33)57)51-38-17-6-10-22-48(38)58-53(51)52/h1-24,27,30-31H,25-26,28-29H2. The van der Waals surface area contributed by atoms with Gasteiger partial charge in [-0.15, -0.1) is 0 Å². The Hall–Kier alpha value is -7.17. The van der Waals surface area contributed by atoms with Crippen molar-refractivity contribution in [2.24, 2.45) is 0 Å². The van der Waals surface area contributed by atoms with Crippen molar-refractivity contribution in [3.63, 3.8) is 0 Å². The van der Waals surface area contributed by atoms with Crippen LogP contribution in [0.3, 0.4) is 0 Å². The molecule has 272 valence electrons. The predicted octanol–water partition coefficient (Wildman–Crippen LogP) is 13.0. The van der Waals surface area contributed by atoms with Crippen LogP contribution in [0.4, 0.5) is 22.7 Å². The molecule has 0 radical (unpaired) electrons. The third-order valence-electron chi connectivity index (χ3n) is 13.9. The summed E-state index contributed by atoms with van der Waals surface area (Å²) in [6.45, 7) is 1.86. The van der Waals surface area contributed by atoms with E-state index in [9.17, 15) is 0 Å². The van der Waals surface area contributed by atoms with Crippen LogP contribution in [0.2, 0.25) is 0 Å². The van der Waals surface area contributed by atoms with Crippen LogP contribution in [-0.4, -0.2) is 18.1 Å². The van der Waals surface area contributed by atoms with E-state index in [1.54, 1.807) is 0 Å². The maximum absolute atomic E-state index is 7.27. The molecule has 1 unspecified atom stereocenters. The molecule has 0 N–H and O–H groups in total. The number of pyridine rings is 1. The van der Waals surface area contributed by atoms with Crippen LogP contribution < -0.4 is 9.80 Å². The molecule has 2 aliphatic heterocycles. The van der Waals surface area contributed by atoms with Gasteiger partial charge in [-0.05, 0) is 111 Å². The first-order chi connectivity index (χ1) is 28.8. The van der Waals surface area contributed by atoms with E-state index in [4.69, 9.17) is 9.40 Å². The summed E-state index contributed by atoms with van der Waals surface area (Å²) in [4.78, 5) is 10.0. The maximum atomic E-state index is 7.27. The zero-order valence-electron chi connectivity index (χ0n) is 31.7. The topological polar surface area (TPSA) is 32.5 Å². The second-order valence-corrected chi connectivity index (χ2v) is 16.4. The van der Waals surface area contributed by atoms with Gasteiger partial charge in [0.05, 0.1) is 22.0 Å². The van der Waals surface area contributed by atoms with Crippen molar-refractivity contribution in [1.29, 1.82) is 0 Å². The molecule has 2 aliphatic carbocycles. The highest BCUT2D eigenvalue weighted by molar-refractivity contribution is 6.23. The molecule has 58 heavy (non-hydrogen) atoms. The Morgan fingerprint density at radius 3 is 1.93 bits per heavy atom. The molecule has 4 heteroatoms. The van der Waals surface area contributed by atoms with E-state index in [0.717, 1.165) is 48.0 Å². The molecule has 4 aliphatic rings. The second kappa shape index (κ2) is 11.0. The Morgan fingerprint density at radius 2 is 1.10 bits per heavy atom. The third-order valence-corrected chi connectivity index (χ3v) is 13.9. The molecule has 4 heterocycles. The number of anilines is 4. The Morgan fingerprint density at radius 1 is 0.466 bits per heavy atom. The van der Waals surface area contributed by atoms with Crippen LogP contribution in [0.15, 0.2) is 168 Å². The van der Waals surface area contributed by atoms with Crippen molar-refractivity contribution in [1.82, 2.24) is 4.98 Å². The largest absolute Gasteiger partial charge is 0.455 e. The number of para-hydroxylation sites is 3. The summed E-state index contributed by atoms with van der Waals surface area (Å²) in [5.41, 5.74) is 20.4. The minimum Gasteiger partial charge on any atom is -0.455 e. The first kappa shape index (κ1) is 31.0. The van der Waals surface area contributed by atoms with Crippen molar-refractivity contribution in [2.75, 3.05) is 22.9 Å². The Bertz CT molecular complexity index is 3450. The van der Waals surface area contributed by atoms with Gasteiger partial charge in [-0.1, -0.05) is 115 Å². The van der Waals surface area contributed by atoms with Crippen molar-refractivity contribution in [3.05, 3.63) is 197 Å². The van der Waals surface area contributed by atoms with Gasteiger partial charge in [-0.2, -0.15) is 0 Å². The van der Waals surface area contributed by atoms with Gasteiger partial charge in [0.15, 0.2) is 0 Å². The fraction of sp³-hybridized carbons (Fsp3) is 0.0926. The summed E-state index contributed by atoms with van der Waals surface area (Å²) in [6, 6.07) is 58.9. The molecule has 0 saturated heterocycles. The van der Waals surface area contributed by atoms with Gasteiger partial charge in [0, 0.05) is 58.1 Å². The number of aromatic nitrogens is 1. The average molecular weight is 742 g/mol. The molecule has 10 aromatic rings. The van der Waals surface area contributed by atoms with Crippen LogP contribution in [0.1, 0.15) is 33.4 Å². The lowest BCUT2D eigenvalue weighted by molar-refractivity contribution is 0.669. The van der Waals surface area contributed by atoms with Gasteiger partial charge in [-0.25, -0.2) is 0 Å². The van der Waals surface area contributed by atoms with Crippen LogP contribution >= 0.6 is 0 Å². The van der Waals surface area contributed by atoms with Crippen LogP contribution in [-0.2, 0) is 18.3 Å². The van der Waals surface area contributed by atoms with E-state index in [1.165, 1.54) is 99.9 Å². The van der Waals surface area contributed by atoms with Crippen LogP contribution in [0.5, 0.6) is 0 Å². The average Bonchev–Trinajstić information content (AvgIpc) is 4.10. The molecule has 14 rings (SSSR count). The van der Waals surface area contributed by atoms with Gasteiger partial charge in [-0.3, -0.25) is 4.98 Å². The van der Waals surface area contributed by atoms with Gasteiger partial charge in [0.25, 0.3) is 0 Å². The lowest BCUT2D eigenvalue weighted by atomic mass is 9.70. The summed E-state index contributed by atoms with van der Waals surface area (Å²) in [6.07, 6.45) is 3.94. The normalized spacial score (nSPS) is 17.0. The molecular formula is C54H35N3O. The Labute approximate surface area is 335 Å². The Kier molecular flexibility index (Phi) is 5.89. The van der Waals surface area contributed by atoms with Gasteiger partial charge < -0.3 is 14.2 Å². The number of fused-ring (bicyclic) bond motifs is 20. The van der Waals surface area contributed by atoms with E-state index in [0.29, 0.717) is 0 Å². The number of hydrogen-bond donors (Lipinski definition) is 0. The zero-order chi connectivity index (χ0) is 37.7. The molecule has 1 atom stereocenters. The minimum atomic E-state index is -0.625.